The molecule has 8 heteroatoms. The highest BCUT2D eigenvalue weighted by Gasteiger charge is 2.42. The maximum Gasteiger partial charge on any atom is 0.408 e. The number of hydrogen-bond donors (Lipinski definition) is 3. The van der Waals surface area contributed by atoms with Gasteiger partial charge in [0.15, 0.2) is 0 Å². The lowest BCUT2D eigenvalue weighted by atomic mass is 9.93. The van der Waals surface area contributed by atoms with Crippen LogP contribution in [0.3, 0.4) is 0 Å². The number of amides is 3. The summed E-state index contributed by atoms with van der Waals surface area (Å²) in [6, 6.07) is 23.0. The summed E-state index contributed by atoms with van der Waals surface area (Å²) in [6.07, 6.45) is -0.571. The number of carbonyl (C=O) groups excluding carboxylic acids is 3. The molecule has 0 saturated carbocycles. The van der Waals surface area contributed by atoms with Crippen molar-refractivity contribution in [1.82, 2.24) is 15.5 Å². The van der Waals surface area contributed by atoms with Gasteiger partial charge in [-0.15, -0.1) is 0 Å². The molecule has 0 aromatic heterocycles. The molecule has 0 aliphatic rings. The van der Waals surface area contributed by atoms with Gasteiger partial charge < -0.3 is 25.4 Å². The molecule has 218 valence electrons. The second-order valence-electron chi connectivity index (χ2n) is 11.9. The topological polar surface area (TPSA) is 108 Å². The highest BCUT2D eigenvalue weighted by Crippen LogP contribution is 2.34. The fourth-order valence-corrected chi connectivity index (χ4v) is 4.51. The maximum absolute atomic E-state index is 14.5. The van der Waals surface area contributed by atoms with E-state index in [4.69, 9.17) is 4.74 Å². The van der Waals surface area contributed by atoms with Crippen LogP contribution in [0.4, 0.5) is 4.79 Å². The van der Waals surface area contributed by atoms with E-state index in [1.54, 1.807) is 39.0 Å². The zero-order chi connectivity index (χ0) is 30.2. The molecule has 0 saturated heterocycles. The van der Waals surface area contributed by atoms with Gasteiger partial charge in [-0.1, -0.05) is 78.9 Å². The summed E-state index contributed by atoms with van der Waals surface area (Å²) in [5, 5.41) is 16.5. The van der Waals surface area contributed by atoms with E-state index in [-0.39, 0.29) is 24.3 Å². The van der Waals surface area contributed by atoms with Crippen LogP contribution in [0.15, 0.2) is 84.9 Å². The average molecular weight is 560 g/mol. The van der Waals surface area contributed by atoms with E-state index in [0.717, 1.165) is 11.1 Å². The van der Waals surface area contributed by atoms with Gasteiger partial charge in [0.1, 0.15) is 23.4 Å². The van der Waals surface area contributed by atoms with E-state index in [0.29, 0.717) is 0 Å². The van der Waals surface area contributed by atoms with E-state index in [2.05, 4.69) is 10.6 Å². The van der Waals surface area contributed by atoms with Crippen LogP contribution >= 0.6 is 0 Å². The Labute approximate surface area is 242 Å². The minimum atomic E-state index is -1.19. The summed E-state index contributed by atoms with van der Waals surface area (Å²) < 4.78 is 5.48. The van der Waals surface area contributed by atoms with Crippen LogP contribution in [0.5, 0.6) is 5.75 Å². The van der Waals surface area contributed by atoms with Crippen LogP contribution in [0.1, 0.15) is 64.3 Å². The van der Waals surface area contributed by atoms with Gasteiger partial charge in [-0.2, -0.15) is 0 Å². The Morgan fingerprint density at radius 3 is 1.88 bits per heavy atom. The van der Waals surface area contributed by atoms with Crippen LogP contribution in [-0.4, -0.2) is 45.1 Å². The number of phenols is 1. The van der Waals surface area contributed by atoms with Crippen molar-refractivity contribution < 1.29 is 24.2 Å². The zero-order valence-electron chi connectivity index (χ0n) is 24.7. The largest absolute Gasteiger partial charge is 0.508 e. The Bertz CT molecular complexity index is 1310. The molecule has 0 heterocycles. The quantitative estimate of drug-likeness (QED) is 0.320. The number of ether oxygens (including phenoxy) is 1. The van der Waals surface area contributed by atoms with Crippen molar-refractivity contribution in [3.8, 4) is 5.75 Å². The highest BCUT2D eigenvalue weighted by molar-refractivity contribution is 5.93. The van der Waals surface area contributed by atoms with Crippen molar-refractivity contribution in [3.05, 3.63) is 102 Å². The third-order valence-corrected chi connectivity index (χ3v) is 6.28. The highest BCUT2D eigenvalue weighted by atomic mass is 16.6. The Balaban J connectivity index is 2.05. The number of carbonyl (C=O) groups is 3. The fourth-order valence-electron chi connectivity index (χ4n) is 4.51. The number of aromatic hydroxyl groups is 1. The fraction of sp³-hybridized carbons (Fsp3) is 0.364. The van der Waals surface area contributed by atoms with Crippen molar-refractivity contribution in [2.45, 2.75) is 77.7 Å². The first-order valence-corrected chi connectivity index (χ1v) is 13.7. The van der Waals surface area contributed by atoms with E-state index in [9.17, 15) is 19.5 Å². The first kappa shape index (κ1) is 31.2. The van der Waals surface area contributed by atoms with Crippen LogP contribution < -0.4 is 10.6 Å². The third-order valence-electron chi connectivity index (χ3n) is 6.28. The Kier molecular flexibility index (Phi) is 10.2. The van der Waals surface area contributed by atoms with Gasteiger partial charge in [-0.3, -0.25) is 9.59 Å². The average Bonchev–Trinajstić information content (AvgIpc) is 2.89. The van der Waals surface area contributed by atoms with E-state index in [1.165, 1.54) is 11.0 Å². The van der Waals surface area contributed by atoms with Crippen molar-refractivity contribution in [2.24, 2.45) is 0 Å². The zero-order valence-corrected chi connectivity index (χ0v) is 24.7. The molecule has 0 aliphatic heterocycles. The molecular formula is C33H41N3O5. The van der Waals surface area contributed by atoms with Crippen molar-refractivity contribution >= 4 is 17.9 Å². The Morgan fingerprint density at radius 2 is 1.34 bits per heavy atom. The van der Waals surface area contributed by atoms with Crippen LogP contribution in [-0.2, 0) is 27.3 Å². The van der Waals surface area contributed by atoms with Gasteiger partial charge in [0, 0.05) is 24.1 Å². The predicted octanol–water partition coefficient (Wildman–Crippen LogP) is 5.51. The summed E-state index contributed by atoms with van der Waals surface area (Å²) >= 11 is 0. The van der Waals surface area contributed by atoms with Crippen LogP contribution in [0.25, 0.3) is 0 Å². The number of nitrogens with zero attached hydrogens (tertiary/aromatic N) is 1. The minimum Gasteiger partial charge on any atom is -0.508 e. The SMILES string of the molecule is CC(C)(C)OC(=O)NC(Cc1ccccc1)C(=O)N(C(C(=O)NCc1ccccc1)c1ccccc1O)C(C)(C)C. The molecule has 3 aromatic carbocycles. The number of alkyl carbamates (subject to hydrolysis) is 1. The van der Waals surface area contributed by atoms with Gasteiger partial charge in [0.2, 0.25) is 11.8 Å². The van der Waals surface area contributed by atoms with E-state index >= 15 is 0 Å². The molecule has 0 spiro atoms. The third kappa shape index (κ3) is 9.10. The van der Waals surface area contributed by atoms with Gasteiger partial charge in [0.25, 0.3) is 0 Å². The van der Waals surface area contributed by atoms with Crippen LogP contribution in [0, 0.1) is 0 Å². The molecule has 0 aliphatic carbocycles. The first-order chi connectivity index (χ1) is 19.3. The molecule has 0 fully saturated rings. The molecule has 3 amide bonds. The lowest BCUT2D eigenvalue weighted by molar-refractivity contribution is -0.148. The monoisotopic (exact) mass is 559 g/mol. The molecule has 0 radical (unpaired) electrons. The molecule has 2 unspecified atom stereocenters. The number of rotatable bonds is 9. The molecule has 3 aromatic rings. The summed E-state index contributed by atoms with van der Waals surface area (Å²) in [7, 11) is 0. The molecule has 8 nitrogen and oxygen atoms in total. The second kappa shape index (κ2) is 13.4. The Morgan fingerprint density at radius 1 is 0.805 bits per heavy atom. The molecule has 41 heavy (non-hydrogen) atoms. The smallest absolute Gasteiger partial charge is 0.408 e. The summed E-state index contributed by atoms with van der Waals surface area (Å²) in [5.41, 5.74) is 0.321. The molecule has 2 atom stereocenters. The number of phenolic OH excluding ortho intramolecular Hbond substituents is 1. The van der Waals surface area contributed by atoms with Crippen molar-refractivity contribution in [2.75, 3.05) is 0 Å². The first-order valence-electron chi connectivity index (χ1n) is 13.7. The minimum absolute atomic E-state index is 0.117. The molecule has 3 N–H and O–H groups in total. The van der Waals surface area contributed by atoms with Gasteiger partial charge >= 0.3 is 6.09 Å². The standard InChI is InChI=1S/C33H41N3O5/c1-32(2,3)36(30(39)26(21-23-15-9-7-10-16-23)35-31(40)41-33(4,5)6)28(25-19-13-14-20-27(25)37)29(38)34-22-24-17-11-8-12-18-24/h7-20,26,28,37H,21-22H2,1-6H3,(H,34,38)(H,35,40). The number of benzene rings is 3. The normalized spacial score (nSPS) is 13.0. The number of hydrogen-bond acceptors (Lipinski definition) is 5. The molecule has 3 rings (SSSR count). The second-order valence-corrected chi connectivity index (χ2v) is 11.9. The van der Waals surface area contributed by atoms with Gasteiger partial charge in [-0.05, 0) is 58.7 Å². The van der Waals surface area contributed by atoms with Crippen molar-refractivity contribution in [1.29, 1.82) is 0 Å². The Hall–Kier alpha value is -4.33. The maximum atomic E-state index is 14.5. The molecule has 0 bridgehead atoms. The number of nitrogens with one attached hydrogen (secondary N) is 2. The van der Waals surface area contributed by atoms with E-state index in [1.807, 2.05) is 81.4 Å². The van der Waals surface area contributed by atoms with Gasteiger partial charge in [0.05, 0.1) is 0 Å². The van der Waals surface area contributed by atoms with E-state index < -0.39 is 41.1 Å². The molecular weight excluding hydrogens is 518 g/mol. The summed E-state index contributed by atoms with van der Waals surface area (Å²) in [5.74, 6) is -1.07. The predicted molar refractivity (Wildman–Crippen MR) is 159 cm³/mol. The van der Waals surface area contributed by atoms with Crippen LogP contribution in [0.2, 0.25) is 0 Å². The summed E-state index contributed by atoms with van der Waals surface area (Å²) in [6.45, 7) is 10.9. The lowest BCUT2D eigenvalue weighted by Crippen LogP contribution is -2.59. The summed E-state index contributed by atoms with van der Waals surface area (Å²) in [4.78, 5) is 42.8. The lowest BCUT2D eigenvalue weighted by Gasteiger charge is -2.43. The number of para-hydroxylation sites is 1. The van der Waals surface area contributed by atoms with Crippen molar-refractivity contribution in [3.63, 3.8) is 0 Å². The van der Waals surface area contributed by atoms with Gasteiger partial charge in [-0.25, -0.2) is 4.79 Å².